The number of nitrogens with zero attached hydrogens (tertiary/aromatic N) is 1. The molecule has 2 heteroatoms. The first kappa shape index (κ1) is 19.3. The summed E-state index contributed by atoms with van der Waals surface area (Å²) in [5.41, 5.74) is 0. The Hall–Kier alpha value is -0.660. The normalized spacial score (nSPS) is 11.2. The van der Waals surface area contributed by atoms with Gasteiger partial charge >= 0.3 is 0 Å². The summed E-state index contributed by atoms with van der Waals surface area (Å²) in [5.74, 6) is 0. The fraction of sp³-hybridized carbons (Fsp3) is 0.889. The highest BCUT2D eigenvalue weighted by molar-refractivity contribution is 4.81. The van der Waals surface area contributed by atoms with E-state index >= 15 is 0 Å². The first-order valence-corrected chi connectivity index (χ1v) is 8.86. The second-order valence-corrected chi connectivity index (χ2v) is 5.79. The third-order valence-corrected chi connectivity index (χ3v) is 3.76. The lowest BCUT2D eigenvalue weighted by Gasteiger charge is -2.01. The van der Waals surface area contributed by atoms with Gasteiger partial charge in [-0.05, 0) is 25.7 Å². The second-order valence-electron chi connectivity index (χ2n) is 5.79. The van der Waals surface area contributed by atoms with Crippen LogP contribution in [0.2, 0.25) is 0 Å². The number of nitroso groups, excluding NO2 is 1. The topological polar surface area (TPSA) is 29.4 Å². The second kappa shape index (κ2) is 18.3. The van der Waals surface area contributed by atoms with Crippen LogP contribution in [0.25, 0.3) is 0 Å². The van der Waals surface area contributed by atoms with E-state index in [4.69, 9.17) is 0 Å². The zero-order valence-electron chi connectivity index (χ0n) is 13.6. The van der Waals surface area contributed by atoms with Crippen LogP contribution < -0.4 is 0 Å². The minimum atomic E-state index is 0.507. The van der Waals surface area contributed by atoms with Crippen LogP contribution in [0.4, 0.5) is 0 Å². The van der Waals surface area contributed by atoms with Crippen LogP contribution in [0.3, 0.4) is 0 Å². The zero-order chi connectivity index (χ0) is 14.7. The van der Waals surface area contributed by atoms with E-state index in [1.807, 2.05) is 0 Å². The van der Waals surface area contributed by atoms with Gasteiger partial charge in [-0.2, -0.15) is 4.91 Å². The maximum atomic E-state index is 9.90. The molecular weight excluding hydrogens is 246 g/mol. The highest BCUT2D eigenvalue weighted by Gasteiger charge is 1.93. The molecule has 0 bridgehead atoms. The number of rotatable bonds is 16. The Balaban J connectivity index is 2.99. The van der Waals surface area contributed by atoms with Crippen molar-refractivity contribution in [1.82, 2.24) is 0 Å². The molecule has 0 aromatic heterocycles. The van der Waals surface area contributed by atoms with Gasteiger partial charge in [0.05, 0.1) is 6.54 Å². The number of unbranched alkanes of at least 4 members (excludes halogenated alkanes) is 12. The van der Waals surface area contributed by atoms with Crippen LogP contribution in [0.5, 0.6) is 0 Å². The molecule has 0 aromatic rings. The van der Waals surface area contributed by atoms with Crippen LogP contribution in [0.15, 0.2) is 17.3 Å². The summed E-state index contributed by atoms with van der Waals surface area (Å²) in [6, 6.07) is 0. The molecule has 0 spiro atoms. The van der Waals surface area contributed by atoms with Crippen LogP contribution in [-0.2, 0) is 0 Å². The Morgan fingerprint density at radius 1 is 0.650 bits per heavy atom. The van der Waals surface area contributed by atoms with Crippen molar-refractivity contribution in [2.45, 2.75) is 96.8 Å². The molecule has 0 atom stereocenters. The summed E-state index contributed by atoms with van der Waals surface area (Å²) in [7, 11) is 0. The van der Waals surface area contributed by atoms with E-state index in [1.54, 1.807) is 0 Å². The highest BCUT2D eigenvalue weighted by atomic mass is 16.3. The summed E-state index contributed by atoms with van der Waals surface area (Å²) < 4.78 is 0. The molecule has 0 aliphatic carbocycles. The summed E-state index contributed by atoms with van der Waals surface area (Å²) in [6.07, 6.45) is 23.0. The van der Waals surface area contributed by atoms with Gasteiger partial charge in [-0.1, -0.05) is 88.5 Å². The predicted octanol–water partition coefficient (Wildman–Crippen LogP) is 6.79. The van der Waals surface area contributed by atoms with E-state index in [0.717, 1.165) is 6.42 Å². The van der Waals surface area contributed by atoms with Crippen LogP contribution >= 0.6 is 0 Å². The number of hydrogen-bond acceptors (Lipinski definition) is 2. The predicted molar refractivity (Wildman–Crippen MR) is 90.1 cm³/mol. The molecule has 0 rings (SSSR count). The van der Waals surface area contributed by atoms with E-state index in [9.17, 15) is 4.91 Å². The van der Waals surface area contributed by atoms with Gasteiger partial charge in [0.1, 0.15) is 0 Å². The molecule has 0 fully saturated rings. The SMILES string of the molecule is CCCC/C=C\CCCCCCCCCCCCN=O. The van der Waals surface area contributed by atoms with Crippen molar-refractivity contribution < 1.29 is 0 Å². The molecule has 0 aliphatic heterocycles. The lowest BCUT2D eigenvalue weighted by atomic mass is 10.1. The van der Waals surface area contributed by atoms with E-state index in [2.05, 4.69) is 24.3 Å². The first-order valence-electron chi connectivity index (χ1n) is 8.86. The van der Waals surface area contributed by atoms with Gasteiger partial charge in [0.15, 0.2) is 0 Å². The Morgan fingerprint density at radius 3 is 1.60 bits per heavy atom. The molecule has 0 saturated heterocycles. The van der Waals surface area contributed by atoms with E-state index in [1.165, 1.54) is 83.5 Å². The highest BCUT2D eigenvalue weighted by Crippen LogP contribution is 2.11. The molecule has 2 nitrogen and oxygen atoms in total. The standard InChI is InChI=1S/C18H35NO/c1-2-3-4-5-6-7-8-9-10-11-12-13-14-15-16-17-18-19-20/h5-6H,2-4,7-18H2,1H3/b6-5-. The average molecular weight is 281 g/mol. The quantitative estimate of drug-likeness (QED) is 0.174. The Bertz CT molecular complexity index is 213. The lowest BCUT2D eigenvalue weighted by molar-refractivity contribution is 0.554. The minimum absolute atomic E-state index is 0.507. The number of allylic oxidation sites excluding steroid dienone is 2. The monoisotopic (exact) mass is 281 g/mol. The van der Waals surface area contributed by atoms with Gasteiger partial charge in [-0.3, -0.25) is 0 Å². The zero-order valence-corrected chi connectivity index (χ0v) is 13.6. The number of hydrogen-bond donors (Lipinski definition) is 0. The van der Waals surface area contributed by atoms with E-state index in [0.29, 0.717) is 6.54 Å². The van der Waals surface area contributed by atoms with Crippen LogP contribution in [0.1, 0.15) is 96.8 Å². The van der Waals surface area contributed by atoms with Crippen molar-refractivity contribution in [2.24, 2.45) is 5.18 Å². The fourth-order valence-electron chi connectivity index (χ4n) is 2.41. The smallest absolute Gasteiger partial charge is 0.0811 e. The Kier molecular flexibility index (Phi) is 17.7. The van der Waals surface area contributed by atoms with Gasteiger partial charge in [0.25, 0.3) is 0 Å². The summed E-state index contributed by atoms with van der Waals surface area (Å²) in [4.78, 5) is 9.90. The molecule has 0 aromatic carbocycles. The average Bonchev–Trinajstić information content (AvgIpc) is 2.47. The molecule has 20 heavy (non-hydrogen) atoms. The molecule has 118 valence electrons. The third kappa shape index (κ3) is 17.3. The van der Waals surface area contributed by atoms with Crippen molar-refractivity contribution in [2.75, 3.05) is 6.54 Å². The van der Waals surface area contributed by atoms with Gasteiger partial charge in [-0.25, -0.2) is 0 Å². The van der Waals surface area contributed by atoms with Crippen LogP contribution in [-0.4, -0.2) is 6.54 Å². The molecule has 0 heterocycles. The summed E-state index contributed by atoms with van der Waals surface area (Å²) in [5, 5.41) is 2.88. The third-order valence-electron chi connectivity index (χ3n) is 3.76. The maximum Gasteiger partial charge on any atom is 0.0811 e. The Morgan fingerprint density at radius 2 is 1.10 bits per heavy atom. The van der Waals surface area contributed by atoms with Crippen molar-refractivity contribution in [3.63, 3.8) is 0 Å². The minimum Gasteiger partial charge on any atom is -0.151 e. The molecule has 0 N–H and O–H groups in total. The molecule has 0 radical (unpaired) electrons. The first-order chi connectivity index (χ1) is 9.91. The lowest BCUT2D eigenvalue weighted by Crippen LogP contribution is -1.83. The van der Waals surface area contributed by atoms with Crippen molar-refractivity contribution in [1.29, 1.82) is 0 Å². The van der Waals surface area contributed by atoms with Gasteiger partial charge in [-0.15, -0.1) is 0 Å². The van der Waals surface area contributed by atoms with Gasteiger partial charge in [0, 0.05) is 0 Å². The van der Waals surface area contributed by atoms with Crippen LogP contribution in [0, 0.1) is 4.91 Å². The molecule has 0 unspecified atom stereocenters. The van der Waals surface area contributed by atoms with Crippen molar-refractivity contribution in [3.05, 3.63) is 17.1 Å². The Labute approximate surface area is 126 Å². The fourth-order valence-corrected chi connectivity index (χ4v) is 2.41. The van der Waals surface area contributed by atoms with E-state index < -0.39 is 0 Å². The molecule has 0 saturated carbocycles. The van der Waals surface area contributed by atoms with E-state index in [-0.39, 0.29) is 0 Å². The van der Waals surface area contributed by atoms with Crippen molar-refractivity contribution >= 4 is 0 Å². The summed E-state index contributed by atoms with van der Waals surface area (Å²) in [6.45, 7) is 2.75. The summed E-state index contributed by atoms with van der Waals surface area (Å²) >= 11 is 0. The molecular formula is C18H35NO. The molecule has 0 aliphatic rings. The van der Waals surface area contributed by atoms with Gasteiger partial charge in [0.2, 0.25) is 0 Å². The largest absolute Gasteiger partial charge is 0.151 e. The molecule has 0 amide bonds. The maximum absolute atomic E-state index is 9.90. The van der Waals surface area contributed by atoms with Gasteiger partial charge < -0.3 is 0 Å². The van der Waals surface area contributed by atoms with Crippen molar-refractivity contribution in [3.8, 4) is 0 Å².